The SMILES string of the molecule is CC(=O)c1cc(Br)ccc1OS(=O)(=O)c1ccc2c(c1)C(=O)NC2=O. The quantitative estimate of drug-likeness (QED) is 0.459. The Morgan fingerprint density at radius 2 is 1.72 bits per heavy atom. The number of Topliss-reactive ketones (excluding diaryl/α,β-unsaturated/α-hetero) is 1. The molecule has 1 aliphatic heterocycles. The summed E-state index contributed by atoms with van der Waals surface area (Å²) >= 11 is 3.20. The van der Waals surface area contributed by atoms with Gasteiger partial charge >= 0.3 is 10.1 Å². The monoisotopic (exact) mass is 423 g/mol. The maximum absolute atomic E-state index is 12.5. The molecule has 1 aliphatic rings. The highest BCUT2D eigenvalue weighted by atomic mass is 79.9. The standard InChI is InChI=1S/C16H10BrNO6S/c1-8(19)12-6-9(17)2-5-14(12)24-25(22,23)10-3-4-11-13(7-10)16(21)18-15(11)20/h2-7H,1H3,(H,18,20,21). The normalized spacial score (nSPS) is 13.4. The van der Waals surface area contributed by atoms with E-state index in [0.29, 0.717) is 4.47 Å². The van der Waals surface area contributed by atoms with E-state index in [4.69, 9.17) is 4.18 Å². The molecular formula is C16H10BrNO6S. The smallest absolute Gasteiger partial charge is 0.339 e. The molecule has 0 saturated heterocycles. The van der Waals surface area contributed by atoms with Crippen molar-refractivity contribution < 1.29 is 27.0 Å². The molecule has 0 atom stereocenters. The van der Waals surface area contributed by atoms with E-state index in [1.54, 1.807) is 0 Å². The predicted molar refractivity (Wildman–Crippen MR) is 90.2 cm³/mol. The van der Waals surface area contributed by atoms with Crippen LogP contribution in [-0.2, 0) is 10.1 Å². The molecule has 0 saturated carbocycles. The van der Waals surface area contributed by atoms with Crippen molar-refractivity contribution in [1.82, 2.24) is 5.32 Å². The third-order valence-corrected chi connectivity index (χ3v) is 5.24. The molecule has 25 heavy (non-hydrogen) atoms. The summed E-state index contributed by atoms with van der Waals surface area (Å²) in [6.45, 7) is 1.28. The second-order valence-electron chi connectivity index (χ2n) is 5.22. The zero-order chi connectivity index (χ0) is 18.4. The van der Waals surface area contributed by atoms with Gasteiger partial charge in [-0.1, -0.05) is 15.9 Å². The number of hydrogen-bond donors (Lipinski definition) is 1. The van der Waals surface area contributed by atoms with E-state index in [1.807, 2.05) is 0 Å². The van der Waals surface area contributed by atoms with Crippen LogP contribution in [0.25, 0.3) is 0 Å². The molecule has 2 aromatic carbocycles. The van der Waals surface area contributed by atoms with Crippen molar-refractivity contribution in [3.63, 3.8) is 0 Å². The Labute approximate surface area is 151 Å². The Morgan fingerprint density at radius 3 is 2.40 bits per heavy atom. The molecule has 1 N–H and O–H groups in total. The van der Waals surface area contributed by atoms with Crippen LogP contribution in [0.3, 0.4) is 0 Å². The second kappa shape index (κ2) is 6.08. The molecule has 9 heteroatoms. The van der Waals surface area contributed by atoms with Gasteiger partial charge in [0.05, 0.1) is 16.7 Å². The summed E-state index contributed by atoms with van der Waals surface area (Å²) in [5, 5.41) is 2.08. The van der Waals surface area contributed by atoms with E-state index < -0.39 is 21.9 Å². The fraction of sp³-hybridized carbons (Fsp3) is 0.0625. The van der Waals surface area contributed by atoms with Gasteiger partial charge in [0.15, 0.2) is 11.5 Å². The Hall–Kier alpha value is -2.52. The number of halogens is 1. The van der Waals surface area contributed by atoms with Crippen LogP contribution >= 0.6 is 15.9 Å². The predicted octanol–water partition coefficient (Wildman–Crippen LogP) is 2.30. The van der Waals surface area contributed by atoms with Crippen LogP contribution in [0, 0.1) is 0 Å². The van der Waals surface area contributed by atoms with Crippen LogP contribution in [0.4, 0.5) is 0 Å². The molecule has 0 radical (unpaired) electrons. The van der Waals surface area contributed by atoms with Gasteiger partial charge in [0.25, 0.3) is 11.8 Å². The Balaban J connectivity index is 2.02. The first-order chi connectivity index (χ1) is 11.7. The Kier molecular flexibility index (Phi) is 4.21. The van der Waals surface area contributed by atoms with Gasteiger partial charge in [0.2, 0.25) is 0 Å². The molecule has 0 unspecified atom stereocenters. The van der Waals surface area contributed by atoms with Crippen LogP contribution in [0.1, 0.15) is 38.0 Å². The second-order valence-corrected chi connectivity index (χ2v) is 7.69. The molecule has 1 heterocycles. The number of carbonyl (C=O) groups excluding carboxylic acids is 3. The molecule has 0 aromatic heterocycles. The summed E-state index contributed by atoms with van der Waals surface area (Å²) in [5.41, 5.74) is 0.140. The molecule has 2 amide bonds. The van der Waals surface area contributed by atoms with Crippen LogP contribution in [-0.4, -0.2) is 26.0 Å². The molecule has 0 aliphatic carbocycles. The highest BCUT2D eigenvalue weighted by Gasteiger charge is 2.29. The number of imide groups is 1. The summed E-state index contributed by atoms with van der Waals surface area (Å²) in [7, 11) is -4.30. The highest BCUT2D eigenvalue weighted by molar-refractivity contribution is 9.10. The van der Waals surface area contributed by atoms with Gasteiger partial charge < -0.3 is 4.18 Å². The van der Waals surface area contributed by atoms with Crippen molar-refractivity contribution in [2.24, 2.45) is 0 Å². The summed E-state index contributed by atoms with van der Waals surface area (Å²) in [6, 6.07) is 7.80. The van der Waals surface area contributed by atoms with Gasteiger partial charge in [0, 0.05) is 4.47 Å². The number of fused-ring (bicyclic) bond motifs is 1. The largest absolute Gasteiger partial charge is 0.378 e. The number of ketones is 1. The van der Waals surface area contributed by atoms with E-state index >= 15 is 0 Å². The van der Waals surface area contributed by atoms with Gasteiger partial charge in [-0.25, -0.2) is 0 Å². The molecule has 7 nitrogen and oxygen atoms in total. The molecule has 0 fully saturated rings. The van der Waals surface area contributed by atoms with Crippen LogP contribution in [0.2, 0.25) is 0 Å². The van der Waals surface area contributed by atoms with Crippen molar-refractivity contribution in [1.29, 1.82) is 0 Å². The van der Waals surface area contributed by atoms with E-state index in [2.05, 4.69) is 21.2 Å². The lowest BCUT2D eigenvalue weighted by molar-refractivity contribution is 0.0878. The van der Waals surface area contributed by atoms with Crippen molar-refractivity contribution in [2.75, 3.05) is 0 Å². The Morgan fingerprint density at radius 1 is 1.04 bits per heavy atom. The number of hydrogen-bond acceptors (Lipinski definition) is 6. The molecule has 0 spiro atoms. The van der Waals surface area contributed by atoms with E-state index in [0.717, 1.165) is 6.07 Å². The molecule has 0 bridgehead atoms. The van der Waals surface area contributed by atoms with Crippen molar-refractivity contribution in [2.45, 2.75) is 11.8 Å². The lowest BCUT2D eigenvalue weighted by Gasteiger charge is -2.11. The minimum atomic E-state index is -4.30. The lowest BCUT2D eigenvalue weighted by atomic mass is 10.1. The van der Waals surface area contributed by atoms with Crippen LogP contribution in [0.5, 0.6) is 5.75 Å². The first kappa shape index (κ1) is 17.3. The number of carbonyl (C=O) groups is 3. The van der Waals surface area contributed by atoms with Crippen LogP contribution < -0.4 is 9.50 Å². The molecular weight excluding hydrogens is 414 g/mol. The van der Waals surface area contributed by atoms with E-state index in [1.165, 1.54) is 37.3 Å². The van der Waals surface area contributed by atoms with Gasteiger partial charge in [0.1, 0.15) is 4.90 Å². The Bertz CT molecular complexity index is 1040. The van der Waals surface area contributed by atoms with Gasteiger partial charge in [-0.15, -0.1) is 0 Å². The minimum Gasteiger partial charge on any atom is -0.378 e. The zero-order valence-electron chi connectivity index (χ0n) is 12.7. The fourth-order valence-electron chi connectivity index (χ4n) is 2.32. The summed E-state index contributed by atoms with van der Waals surface area (Å²) in [6.07, 6.45) is 0. The van der Waals surface area contributed by atoms with E-state index in [9.17, 15) is 22.8 Å². The molecule has 2 aromatic rings. The maximum Gasteiger partial charge on any atom is 0.339 e. The highest BCUT2D eigenvalue weighted by Crippen LogP contribution is 2.28. The summed E-state index contributed by atoms with van der Waals surface area (Å²) in [4.78, 5) is 34.6. The van der Waals surface area contributed by atoms with Crippen molar-refractivity contribution >= 4 is 43.6 Å². The minimum absolute atomic E-state index is 0.0442. The number of benzene rings is 2. The zero-order valence-corrected chi connectivity index (χ0v) is 15.1. The van der Waals surface area contributed by atoms with Gasteiger partial charge in [-0.3, -0.25) is 19.7 Å². The van der Waals surface area contributed by atoms with Crippen molar-refractivity contribution in [3.05, 3.63) is 57.6 Å². The third-order valence-electron chi connectivity index (χ3n) is 3.52. The average molecular weight is 424 g/mol. The first-order valence-electron chi connectivity index (χ1n) is 6.94. The topological polar surface area (TPSA) is 107 Å². The van der Waals surface area contributed by atoms with Gasteiger partial charge in [-0.05, 0) is 43.3 Å². The number of amides is 2. The number of rotatable bonds is 4. The molecule has 3 rings (SSSR count). The first-order valence-corrected chi connectivity index (χ1v) is 9.14. The average Bonchev–Trinajstić information content (AvgIpc) is 2.83. The third kappa shape index (κ3) is 3.20. The van der Waals surface area contributed by atoms with Gasteiger partial charge in [-0.2, -0.15) is 8.42 Å². The maximum atomic E-state index is 12.5. The lowest BCUT2D eigenvalue weighted by Crippen LogP contribution is -2.19. The summed E-state index contributed by atoms with van der Waals surface area (Å²) < 4.78 is 30.6. The summed E-state index contributed by atoms with van der Waals surface area (Å²) in [5.74, 6) is -1.76. The number of nitrogens with one attached hydrogen (secondary N) is 1. The van der Waals surface area contributed by atoms with Crippen LogP contribution in [0.15, 0.2) is 45.8 Å². The van der Waals surface area contributed by atoms with Crippen molar-refractivity contribution in [3.8, 4) is 5.75 Å². The van der Waals surface area contributed by atoms with E-state index in [-0.39, 0.29) is 33.1 Å². The fourth-order valence-corrected chi connectivity index (χ4v) is 3.65. The molecule has 128 valence electrons.